The first-order chi connectivity index (χ1) is 6.77. The largest absolute Gasteiger partial charge is 0.381 e. The molecule has 0 aliphatic carbocycles. The molecule has 5 heteroatoms. The zero-order valence-corrected chi connectivity index (χ0v) is 7.60. The topological polar surface area (TPSA) is 68.1 Å². The van der Waals surface area contributed by atoms with Crippen LogP contribution < -0.4 is 0 Å². The molecule has 0 spiro atoms. The molecule has 2 heterocycles. The molecule has 0 bridgehead atoms. The predicted octanol–water partition coefficient (Wildman–Crippen LogP) is 0.858. The van der Waals surface area contributed by atoms with Crippen molar-refractivity contribution in [2.75, 3.05) is 13.2 Å². The van der Waals surface area contributed by atoms with E-state index in [2.05, 4.69) is 10.2 Å². The van der Waals surface area contributed by atoms with E-state index in [1.54, 1.807) is 0 Å². The van der Waals surface area contributed by atoms with Gasteiger partial charge < -0.3 is 4.74 Å². The van der Waals surface area contributed by atoms with Crippen LogP contribution in [-0.4, -0.2) is 24.9 Å². The van der Waals surface area contributed by atoms with E-state index in [-0.39, 0.29) is 5.92 Å². The van der Waals surface area contributed by atoms with Gasteiger partial charge in [-0.1, -0.05) is 0 Å². The summed E-state index contributed by atoms with van der Waals surface area (Å²) in [6.45, 7) is 1.36. The number of ether oxygens (including phenoxy) is 1. The van der Waals surface area contributed by atoms with Crippen molar-refractivity contribution >= 4 is 11.7 Å². The molecule has 14 heavy (non-hydrogen) atoms. The lowest BCUT2D eigenvalue weighted by Crippen LogP contribution is -2.20. The molecule has 0 aromatic carbocycles. The van der Waals surface area contributed by atoms with Crippen molar-refractivity contribution in [1.82, 2.24) is 0 Å². The number of hydrogen-bond donors (Lipinski definition) is 0. The van der Waals surface area contributed by atoms with Crippen LogP contribution in [0.2, 0.25) is 0 Å². The summed E-state index contributed by atoms with van der Waals surface area (Å²) in [5.41, 5.74) is 0.623. The van der Waals surface area contributed by atoms with E-state index in [9.17, 15) is 9.59 Å². The second-order valence-corrected chi connectivity index (χ2v) is 3.33. The highest BCUT2D eigenvalue weighted by atomic mass is 16.5. The van der Waals surface area contributed by atoms with Gasteiger partial charge in [0.2, 0.25) is 5.78 Å². The van der Waals surface area contributed by atoms with Gasteiger partial charge in [-0.25, -0.2) is 0 Å². The fraction of sp³-hybridized carbons (Fsp3) is 0.556. The molecule has 0 aromatic rings. The average molecular weight is 194 g/mol. The van der Waals surface area contributed by atoms with Crippen LogP contribution in [0.15, 0.2) is 22.0 Å². The fourth-order valence-electron chi connectivity index (χ4n) is 1.57. The van der Waals surface area contributed by atoms with Crippen LogP contribution in [0, 0.1) is 5.92 Å². The number of azo groups is 1. The van der Waals surface area contributed by atoms with Crippen LogP contribution in [0.5, 0.6) is 0 Å². The summed E-state index contributed by atoms with van der Waals surface area (Å²) in [4.78, 5) is 21.8. The lowest BCUT2D eigenvalue weighted by atomic mass is 9.95. The van der Waals surface area contributed by atoms with Gasteiger partial charge in [-0.05, 0) is 12.8 Å². The lowest BCUT2D eigenvalue weighted by molar-refractivity contribution is -0.133. The van der Waals surface area contributed by atoms with Crippen molar-refractivity contribution < 1.29 is 14.3 Å². The molecule has 0 unspecified atom stereocenters. The Morgan fingerprint density at radius 3 is 2.57 bits per heavy atom. The molecular weight excluding hydrogens is 184 g/mol. The van der Waals surface area contributed by atoms with Crippen LogP contribution in [0.3, 0.4) is 0 Å². The number of allylic oxidation sites excluding steroid dienone is 1. The van der Waals surface area contributed by atoms with Gasteiger partial charge in [-0.15, -0.1) is 5.11 Å². The van der Waals surface area contributed by atoms with Crippen LogP contribution in [0.4, 0.5) is 0 Å². The number of carbonyl (C=O) groups is 2. The minimum atomic E-state index is -0.777. The molecule has 2 aliphatic heterocycles. The summed E-state index contributed by atoms with van der Waals surface area (Å²) < 4.78 is 5.19. The monoisotopic (exact) mass is 194 g/mol. The molecular formula is C9H10N2O3. The number of rotatable bonds is 1. The third-order valence-corrected chi connectivity index (χ3v) is 2.39. The summed E-state index contributed by atoms with van der Waals surface area (Å²) >= 11 is 0. The Labute approximate surface area is 80.8 Å². The van der Waals surface area contributed by atoms with Crippen LogP contribution >= 0.6 is 0 Å². The zero-order valence-electron chi connectivity index (χ0n) is 7.60. The van der Waals surface area contributed by atoms with Crippen LogP contribution in [0.1, 0.15) is 12.8 Å². The van der Waals surface area contributed by atoms with E-state index in [0.29, 0.717) is 18.9 Å². The average Bonchev–Trinajstić information content (AvgIpc) is 2.23. The van der Waals surface area contributed by atoms with Gasteiger partial charge in [-0.2, -0.15) is 5.11 Å². The van der Waals surface area contributed by atoms with E-state index in [1.165, 1.54) is 6.08 Å². The molecule has 1 saturated heterocycles. The molecule has 5 nitrogen and oxygen atoms in total. The van der Waals surface area contributed by atoms with E-state index >= 15 is 0 Å². The minimum absolute atomic E-state index is 0.213. The first-order valence-electron chi connectivity index (χ1n) is 4.57. The molecule has 74 valence electrons. The Hall–Kier alpha value is -1.36. The van der Waals surface area contributed by atoms with E-state index < -0.39 is 11.7 Å². The van der Waals surface area contributed by atoms with Crippen molar-refractivity contribution in [3.05, 3.63) is 11.8 Å². The highest BCUT2D eigenvalue weighted by Gasteiger charge is 2.24. The first kappa shape index (κ1) is 9.21. The molecule has 0 saturated carbocycles. The molecule has 2 aliphatic rings. The molecule has 0 aromatic heterocycles. The normalized spacial score (nSPS) is 23.9. The Kier molecular flexibility index (Phi) is 2.49. The Bertz CT molecular complexity index is 327. The van der Waals surface area contributed by atoms with Crippen molar-refractivity contribution in [3.8, 4) is 0 Å². The summed E-state index contributed by atoms with van der Waals surface area (Å²) in [7, 11) is 0. The van der Waals surface area contributed by atoms with E-state index in [1.807, 2.05) is 0 Å². The van der Waals surface area contributed by atoms with E-state index in [4.69, 9.17) is 4.74 Å². The standard InChI is InChI=1S/C9H10N2O3/c12-8-5-7(10-11-9(8)13)6-1-3-14-4-2-6/h5-6H,1-4H2. The van der Waals surface area contributed by atoms with Crippen molar-refractivity contribution in [2.45, 2.75) is 12.8 Å². The van der Waals surface area contributed by atoms with Gasteiger partial charge in [0.05, 0.1) is 5.70 Å². The Morgan fingerprint density at radius 2 is 1.93 bits per heavy atom. The summed E-state index contributed by atoms with van der Waals surface area (Å²) in [5.74, 6) is -1.13. The Morgan fingerprint density at radius 1 is 1.21 bits per heavy atom. The molecule has 0 atom stereocenters. The number of nitrogens with zero attached hydrogens (tertiary/aromatic N) is 2. The van der Waals surface area contributed by atoms with Crippen molar-refractivity contribution in [1.29, 1.82) is 0 Å². The lowest BCUT2D eigenvalue weighted by Gasteiger charge is -2.22. The Balaban J connectivity index is 2.11. The highest BCUT2D eigenvalue weighted by Crippen LogP contribution is 2.25. The van der Waals surface area contributed by atoms with Gasteiger partial charge >= 0.3 is 5.91 Å². The molecule has 1 fully saturated rings. The summed E-state index contributed by atoms with van der Waals surface area (Å²) in [6, 6.07) is 0. The molecule has 2 rings (SSSR count). The minimum Gasteiger partial charge on any atom is -0.381 e. The summed E-state index contributed by atoms with van der Waals surface area (Å²) in [6.07, 6.45) is 2.98. The van der Waals surface area contributed by atoms with Gasteiger partial charge in [0.1, 0.15) is 0 Å². The molecule has 0 N–H and O–H groups in total. The fourth-order valence-corrected chi connectivity index (χ4v) is 1.57. The predicted molar refractivity (Wildman–Crippen MR) is 46.5 cm³/mol. The number of ketones is 1. The van der Waals surface area contributed by atoms with Gasteiger partial charge in [0.25, 0.3) is 0 Å². The SMILES string of the molecule is O=C1C=C(C2CCOCC2)N=NC1=O. The molecule has 0 radical (unpaired) electrons. The van der Waals surface area contributed by atoms with Crippen LogP contribution in [-0.2, 0) is 14.3 Å². The quantitative estimate of drug-likeness (QED) is 0.581. The number of amides is 1. The van der Waals surface area contributed by atoms with Crippen LogP contribution in [0.25, 0.3) is 0 Å². The maximum atomic E-state index is 11.0. The zero-order chi connectivity index (χ0) is 9.97. The maximum Gasteiger partial charge on any atom is 0.335 e. The number of hydrogen-bond acceptors (Lipinski definition) is 4. The highest BCUT2D eigenvalue weighted by molar-refractivity contribution is 6.41. The van der Waals surface area contributed by atoms with Crippen molar-refractivity contribution in [2.24, 2.45) is 16.1 Å². The second-order valence-electron chi connectivity index (χ2n) is 3.33. The second kappa shape index (κ2) is 3.79. The van der Waals surface area contributed by atoms with Gasteiger partial charge in [0, 0.05) is 25.2 Å². The third kappa shape index (κ3) is 1.77. The maximum absolute atomic E-state index is 11.0. The van der Waals surface area contributed by atoms with Crippen molar-refractivity contribution in [3.63, 3.8) is 0 Å². The third-order valence-electron chi connectivity index (χ3n) is 2.39. The first-order valence-corrected chi connectivity index (χ1v) is 4.57. The van der Waals surface area contributed by atoms with Gasteiger partial charge in [-0.3, -0.25) is 9.59 Å². The van der Waals surface area contributed by atoms with Gasteiger partial charge in [0.15, 0.2) is 0 Å². The smallest absolute Gasteiger partial charge is 0.335 e. The number of carbonyl (C=O) groups excluding carboxylic acids is 2. The summed E-state index contributed by atoms with van der Waals surface area (Å²) in [5, 5.41) is 7.04. The van der Waals surface area contributed by atoms with E-state index in [0.717, 1.165) is 12.8 Å². The molecule has 1 amide bonds.